The van der Waals surface area contributed by atoms with Gasteiger partial charge in [0.1, 0.15) is 11.6 Å². The lowest BCUT2D eigenvalue weighted by atomic mass is 9.93. The molecule has 2 rings (SSSR count). The zero-order chi connectivity index (χ0) is 13.7. The van der Waals surface area contributed by atoms with Crippen molar-refractivity contribution in [3.8, 4) is 5.75 Å². The second kappa shape index (κ2) is 6.71. The van der Waals surface area contributed by atoms with Crippen LogP contribution in [0.2, 0.25) is 0 Å². The van der Waals surface area contributed by atoms with Gasteiger partial charge in [-0.2, -0.15) is 0 Å². The molecule has 0 aliphatic carbocycles. The Bertz CT molecular complexity index is 542. The third-order valence-corrected chi connectivity index (χ3v) is 3.93. The van der Waals surface area contributed by atoms with Gasteiger partial charge in [0.05, 0.1) is 7.11 Å². The molecule has 0 saturated carbocycles. The maximum absolute atomic E-state index is 13.8. The normalized spacial score (nSPS) is 12.2. The molecule has 1 nitrogen and oxygen atoms in total. The van der Waals surface area contributed by atoms with E-state index in [1.165, 1.54) is 6.07 Å². The van der Waals surface area contributed by atoms with Crippen LogP contribution in [0.15, 0.2) is 48.5 Å². The zero-order valence-electron chi connectivity index (χ0n) is 10.8. The largest absolute Gasteiger partial charge is 0.497 e. The lowest BCUT2D eigenvalue weighted by molar-refractivity contribution is 0.414. The van der Waals surface area contributed by atoms with Crippen molar-refractivity contribution in [2.75, 3.05) is 12.4 Å². The zero-order valence-corrected chi connectivity index (χ0v) is 12.4. The standard InChI is InChI=1S/C16H16BrFO/c1-19-14-6-4-5-12(10-14)9-13(11-17)15-7-2-3-8-16(15)18/h2-8,10,13H,9,11H2,1H3. The first-order valence-electron chi connectivity index (χ1n) is 6.18. The van der Waals surface area contributed by atoms with E-state index < -0.39 is 0 Å². The number of ether oxygens (including phenoxy) is 1. The highest BCUT2D eigenvalue weighted by Gasteiger charge is 2.15. The third-order valence-electron chi connectivity index (χ3n) is 3.15. The summed E-state index contributed by atoms with van der Waals surface area (Å²) in [4.78, 5) is 0. The van der Waals surface area contributed by atoms with Crippen molar-refractivity contribution in [1.29, 1.82) is 0 Å². The van der Waals surface area contributed by atoms with Crippen LogP contribution >= 0.6 is 15.9 Å². The summed E-state index contributed by atoms with van der Waals surface area (Å²) in [6, 6.07) is 14.9. The second-order valence-corrected chi connectivity index (χ2v) is 5.08. The summed E-state index contributed by atoms with van der Waals surface area (Å²) in [6.45, 7) is 0. The lowest BCUT2D eigenvalue weighted by Gasteiger charge is -2.16. The van der Waals surface area contributed by atoms with Gasteiger partial charge >= 0.3 is 0 Å². The van der Waals surface area contributed by atoms with Crippen LogP contribution < -0.4 is 4.74 Å². The topological polar surface area (TPSA) is 9.23 Å². The van der Waals surface area contributed by atoms with Gasteiger partial charge in [-0.15, -0.1) is 0 Å². The van der Waals surface area contributed by atoms with Crippen molar-refractivity contribution in [1.82, 2.24) is 0 Å². The summed E-state index contributed by atoms with van der Waals surface area (Å²) >= 11 is 3.48. The van der Waals surface area contributed by atoms with Crippen LogP contribution in [-0.2, 0) is 6.42 Å². The van der Waals surface area contributed by atoms with Crippen molar-refractivity contribution >= 4 is 15.9 Å². The van der Waals surface area contributed by atoms with E-state index >= 15 is 0 Å². The average molecular weight is 323 g/mol. The van der Waals surface area contributed by atoms with Crippen molar-refractivity contribution in [2.24, 2.45) is 0 Å². The van der Waals surface area contributed by atoms with Gasteiger partial charge in [-0.05, 0) is 35.7 Å². The minimum Gasteiger partial charge on any atom is -0.497 e. The first-order chi connectivity index (χ1) is 9.24. The summed E-state index contributed by atoms with van der Waals surface area (Å²) in [7, 11) is 1.65. The quantitative estimate of drug-likeness (QED) is 0.733. The summed E-state index contributed by atoms with van der Waals surface area (Å²) in [6.07, 6.45) is 0.781. The molecule has 2 aromatic rings. The molecule has 0 fully saturated rings. The van der Waals surface area contributed by atoms with Gasteiger partial charge in [0.25, 0.3) is 0 Å². The predicted octanol–water partition coefficient (Wildman–Crippen LogP) is 4.56. The molecule has 0 amide bonds. The number of halogens is 2. The van der Waals surface area contributed by atoms with Crippen molar-refractivity contribution in [3.05, 3.63) is 65.5 Å². The number of hydrogen-bond donors (Lipinski definition) is 0. The van der Waals surface area contributed by atoms with Crippen molar-refractivity contribution < 1.29 is 9.13 Å². The predicted molar refractivity (Wildman–Crippen MR) is 79.6 cm³/mol. The van der Waals surface area contributed by atoms with Crippen LogP contribution in [0.3, 0.4) is 0 Å². The second-order valence-electron chi connectivity index (χ2n) is 4.43. The summed E-state index contributed by atoms with van der Waals surface area (Å²) in [5.74, 6) is 0.808. The molecule has 100 valence electrons. The van der Waals surface area contributed by atoms with Crippen LogP contribution in [-0.4, -0.2) is 12.4 Å². The van der Waals surface area contributed by atoms with Gasteiger partial charge < -0.3 is 4.74 Å². The fourth-order valence-corrected chi connectivity index (χ4v) is 2.72. The van der Waals surface area contributed by atoms with Crippen LogP contribution in [0.4, 0.5) is 4.39 Å². The SMILES string of the molecule is COc1cccc(CC(CBr)c2ccccc2F)c1. The minimum absolute atomic E-state index is 0.119. The highest BCUT2D eigenvalue weighted by Crippen LogP contribution is 2.26. The van der Waals surface area contributed by atoms with Crippen LogP contribution in [0.5, 0.6) is 5.75 Å². The van der Waals surface area contributed by atoms with E-state index in [0.29, 0.717) is 0 Å². The van der Waals surface area contributed by atoms with Gasteiger partial charge in [-0.1, -0.05) is 46.3 Å². The summed E-state index contributed by atoms with van der Waals surface area (Å²) in [5.41, 5.74) is 1.90. The fourth-order valence-electron chi connectivity index (χ4n) is 2.14. The van der Waals surface area contributed by atoms with Crippen LogP contribution in [0.1, 0.15) is 17.0 Å². The number of rotatable bonds is 5. The minimum atomic E-state index is -0.144. The molecule has 0 radical (unpaired) electrons. The summed E-state index contributed by atoms with van der Waals surface area (Å²) in [5, 5.41) is 0.727. The Morgan fingerprint density at radius 3 is 2.63 bits per heavy atom. The molecule has 1 unspecified atom stereocenters. The molecule has 0 saturated heterocycles. The van der Waals surface area contributed by atoms with E-state index in [-0.39, 0.29) is 11.7 Å². The molecular weight excluding hydrogens is 307 g/mol. The molecule has 0 heterocycles. The molecule has 19 heavy (non-hydrogen) atoms. The van der Waals surface area contributed by atoms with Gasteiger partial charge in [-0.25, -0.2) is 4.39 Å². The molecule has 0 bridgehead atoms. The molecule has 0 aromatic heterocycles. The van der Waals surface area contributed by atoms with Crippen molar-refractivity contribution in [3.63, 3.8) is 0 Å². The Labute approximate surface area is 121 Å². The van der Waals surface area contributed by atoms with E-state index in [0.717, 1.165) is 28.6 Å². The number of hydrogen-bond acceptors (Lipinski definition) is 1. The first kappa shape index (κ1) is 14.1. The van der Waals surface area contributed by atoms with E-state index in [1.54, 1.807) is 13.2 Å². The molecule has 0 N–H and O–H groups in total. The van der Waals surface area contributed by atoms with Gasteiger partial charge in [-0.3, -0.25) is 0 Å². The highest BCUT2D eigenvalue weighted by atomic mass is 79.9. The Morgan fingerprint density at radius 1 is 1.16 bits per heavy atom. The molecular formula is C16H16BrFO. The average Bonchev–Trinajstić information content (AvgIpc) is 2.46. The molecule has 0 aliphatic heterocycles. The Balaban J connectivity index is 2.21. The number of methoxy groups -OCH3 is 1. The van der Waals surface area contributed by atoms with E-state index in [9.17, 15) is 4.39 Å². The summed E-state index contributed by atoms with van der Waals surface area (Å²) < 4.78 is 19.0. The smallest absolute Gasteiger partial charge is 0.126 e. The number of benzene rings is 2. The highest BCUT2D eigenvalue weighted by molar-refractivity contribution is 9.09. The van der Waals surface area contributed by atoms with Crippen LogP contribution in [0, 0.1) is 5.82 Å². The fraction of sp³-hybridized carbons (Fsp3) is 0.250. The Morgan fingerprint density at radius 2 is 1.95 bits per heavy atom. The first-order valence-corrected chi connectivity index (χ1v) is 7.30. The monoisotopic (exact) mass is 322 g/mol. The van der Waals surface area contributed by atoms with E-state index in [1.807, 2.05) is 36.4 Å². The van der Waals surface area contributed by atoms with E-state index in [2.05, 4.69) is 15.9 Å². The van der Waals surface area contributed by atoms with Gasteiger partial charge in [0.15, 0.2) is 0 Å². The molecule has 0 aliphatic rings. The maximum atomic E-state index is 13.8. The van der Waals surface area contributed by atoms with Crippen molar-refractivity contribution in [2.45, 2.75) is 12.3 Å². The Hall–Kier alpha value is -1.35. The third kappa shape index (κ3) is 3.57. The maximum Gasteiger partial charge on any atom is 0.126 e. The molecule has 0 spiro atoms. The lowest BCUT2D eigenvalue weighted by Crippen LogP contribution is -2.06. The molecule has 3 heteroatoms. The number of alkyl halides is 1. The van der Waals surface area contributed by atoms with Gasteiger partial charge in [0, 0.05) is 11.2 Å². The van der Waals surface area contributed by atoms with Crippen LogP contribution in [0.25, 0.3) is 0 Å². The van der Waals surface area contributed by atoms with Gasteiger partial charge in [0.2, 0.25) is 0 Å². The molecule has 1 atom stereocenters. The molecule has 2 aromatic carbocycles. The Kier molecular flexibility index (Phi) is 4.97. The van der Waals surface area contributed by atoms with E-state index in [4.69, 9.17) is 4.74 Å².